The first kappa shape index (κ1) is 14.8. The molecule has 22 heavy (non-hydrogen) atoms. The highest BCUT2D eigenvalue weighted by molar-refractivity contribution is 5.82. The van der Waals surface area contributed by atoms with Gasteiger partial charge in [-0.05, 0) is 38.4 Å². The number of benzene rings is 1. The van der Waals surface area contributed by atoms with Crippen LogP contribution in [0.2, 0.25) is 0 Å². The van der Waals surface area contributed by atoms with Gasteiger partial charge in [-0.3, -0.25) is 4.90 Å². The lowest BCUT2D eigenvalue weighted by molar-refractivity contribution is 0.230. The molecule has 0 aliphatic heterocycles. The van der Waals surface area contributed by atoms with Gasteiger partial charge in [0.1, 0.15) is 12.2 Å². The van der Waals surface area contributed by atoms with E-state index in [1.165, 1.54) is 16.5 Å². The molecule has 0 aliphatic rings. The van der Waals surface area contributed by atoms with Crippen molar-refractivity contribution in [2.75, 3.05) is 7.05 Å². The molecule has 0 aliphatic carbocycles. The molecule has 116 valence electrons. The lowest BCUT2D eigenvalue weighted by Gasteiger charge is -2.24. The van der Waals surface area contributed by atoms with Crippen LogP contribution in [0.3, 0.4) is 0 Å². The normalized spacial score (nSPS) is 13.1. The van der Waals surface area contributed by atoms with E-state index in [0.717, 1.165) is 25.2 Å². The zero-order valence-corrected chi connectivity index (χ0v) is 13.5. The van der Waals surface area contributed by atoms with Crippen LogP contribution in [0.25, 0.3) is 10.9 Å². The van der Waals surface area contributed by atoms with E-state index in [2.05, 4.69) is 64.5 Å². The molecule has 2 aromatic heterocycles. The van der Waals surface area contributed by atoms with Crippen molar-refractivity contribution in [3.05, 3.63) is 48.2 Å². The Kier molecular flexibility index (Phi) is 4.24. The average molecular weight is 297 g/mol. The summed E-state index contributed by atoms with van der Waals surface area (Å²) in [6.45, 7) is 3.09. The molecular formula is C17H23N5. The summed E-state index contributed by atoms with van der Waals surface area (Å²) >= 11 is 0. The predicted octanol–water partition coefficient (Wildman–Crippen LogP) is 2.75. The second-order valence-corrected chi connectivity index (χ2v) is 6.02. The van der Waals surface area contributed by atoms with Crippen LogP contribution in [0.5, 0.6) is 0 Å². The maximum Gasteiger partial charge on any atom is 0.146 e. The van der Waals surface area contributed by atoms with Crippen molar-refractivity contribution in [3.8, 4) is 0 Å². The van der Waals surface area contributed by atoms with Crippen molar-refractivity contribution in [1.82, 2.24) is 24.6 Å². The SMILES string of the molecule is CC(CCc1c[nH]c2ccccc12)N(C)Cc1nncn1C. The number of para-hydroxylation sites is 1. The van der Waals surface area contributed by atoms with E-state index >= 15 is 0 Å². The molecule has 1 aromatic carbocycles. The lowest BCUT2D eigenvalue weighted by atomic mass is 10.0. The summed E-state index contributed by atoms with van der Waals surface area (Å²) in [4.78, 5) is 5.68. The number of fused-ring (bicyclic) bond motifs is 1. The number of hydrogen-bond acceptors (Lipinski definition) is 3. The average Bonchev–Trinajstić information content (AvgIpc) is 3.11. The number of aromatic amines is 1. The van der Waals surface area contributed by atoms with Gasteiger partial charge in [-0.1, -0.05) is 18.2 Å². The summed E-state index contributed by atoms with van der Waals surface area (Å²) in [6.07, 6.45) is 6.09. The van der Waals surface area contributed by atoms with E-state index in [1.807, 2.05) is 11.6 Å². The Balaban J connectivity index is 1.60. The zero-order valence-electron chi connectivity index (χ0n) is 13.5. The highest BCUT2D eigenvalue weighted by Crippen LogP contribution is 2.20. The van der Waals surface area contributed by atoms with Crippen LogP contribution in [0, 0.1) is 0 Å². The van der Waals surface area contributed by atoms with E-state index in [0.29, 0.717) is 6.04 Å². The van der Waals surface area contributed by atoms with Crippen LogP contribution in [0.4, 0.5) is 0 Å². The monoisotopic (exact) mass is 297 g/mol. The third-order valence-corrected chi connectivity index (χ3v) is 4.45. The highest BCUT2D eigenvalue weighted by atomic mass is 15.3. The first-order chi connectivity index (χ1) is 10.6. The Morgan fingerprint density at radius 1 is 1.32 bits per heavy atom. The molecule has 2 heterocycles. The van der Waals surface area contributed by atoms with Crippen LogP contribution in [0.15, 0.2) is 36.8 Å². The summed E-state index contributed by atoms with van der Waals surface area (Å²) in [6, 6.07) is 8.98. The Labute approximate surface area is 131 Å². The van der Waals surface area contributed by atoms with Gasteiger partial charge in [-0.25, -0.2) is 0 Å². The Morgan fingerprint density at radius 3 is 2.91 bits per heavy atom. The van der Waals surface area contributed by atoms with Gasteiger partial charge in [-0.15, -0.1) is 10.2 Å². The maximum atomic E-state index is 4.16. The van der Waals surface area contributed by atoms with Gasteiger partial charge in [0.15, 0.2) is 0 Å². The van der Waals surface area contributed by atoms with Crippen molar-refractivity contribution in [3.63, 3.8) is 0 Å². The molecule has 3 aromatic rings. The second-order valence-electron chi connectivity index (χ2n) is 6.02. The molecule has 0 saturated heterocycles. The Hall–Kier alpha value is -2.14. The summed E-state index contributed by atoms with van der Waals surface area (Å²) in [5, 5.41) is 9.43. The number of hydrogen-bond donors (Lipinski definition) is 1. The molecule has 1 atom stereocenters. The van der Waals surface area contributed by atoms with Gasteiger partial charge >= 0.3 is 0 Å². The molecule has 3 rings (SSSR count). The van der Waals surface area contributed by atoms with Crippen LogP contribution in [-0.2, 0) is 20.0 Å². The Morgan fingerprint density at radius 2 is 2.14 bits per heavy atom. The molecule has 1 unspecified atom stereocenters. The van der Waals surface area contributed by atoms with Gasteiger partial charge in [-0.2, -0.15) is 0 Å². The van der Waals surface area contributed by atoms with Crippen molar-refractivity contribution in [2.45, 2.75) is 32.4 Å². The molecule has 1 N–H and O–H groups in total. The largest absolute Gasteiger partial charge is 0.361 e. The molecule has 0 bridgehead atoms. The van der Waals surface area contributed by atoms with Crippen LogP contribution in [0.1, 0.15) is 24.7 Å². The first-order valence-electron chi connectivity index (χ1n) is 7.73. The van der Waals surface area contributed by atoms with Gasteiger partial charge in [0.2, 0.25) is 0 Å². The van der Waals surface area contributed by atoms with Gasteiger partial charge in [0.25, 0.3) is 0 Å². The highest BCUT2D eigenvalue weighted by Gasteiger charge is 2.13. The minimum atomic E-state index is 0.491. The minimum Gasteiger partial charge on any atom is -0.361 e. The summed E-state index contributed by atoms with van der Waals surface area (Å²) in [5.74, 6) is 1.00. The number of rotatable bonds is 6. The molecule has 5 heteroatoms. The van der Waals surface area contributed by atoms with Gasteiger partial charge in [0, 0.05) is 30.2 Å². The molecule has 0 spiro atoms. The molecule has 0 fully saturated rings. The van der Waals surface area contributed by atoms with Gasteiger partial charge < -0.3 is 9.55 Å². The van der Waals surface area contributed by atoms with E-state index in [-0.39, 0.29) is 0 Å². The van der Waals surface area contributed by atoms with Gasteiger partial charge in [0.05, 0.1) is 6.54 Å². The number of aromatic nitrogens is 4. The molecule has 0 radical (unpaired) electrons. The fraction of sp³-hybridized carbons (Fsp3) is 0.412. The number of aryl methyl sites for hydroxylation is 2. The topological polar surface area (TPSA) is 49.7 Å². The van der Waals surface area contributed by atoms with E-state index in [9.17, 15) is 0 Å². The quantitative estimate of drug-likeness (QED) is 0.761. The molecule has 0 amide bonds. The second kappa shape index (κ2) is 6.32. The van der Waals surface area contributed by atoms with Crippen molar-refractivity contribution >= 4 is 10.9 Å². The summed E-state index contributed by atoms with van der Waals surface area (Å²) in [7, 11) is 4.13. The fourth-order valence-corrected chi connectivity index (χ4v) is 2.75. The molecule has 5 nitrogen and oxygen atoms in total. The number of nitrogens with zero attached hydrogens (tertiary/aromatic N) is 4. The zero-order chi connectivity index (χ0) is 15.5. The summed E-state index contributed by atoms with van der Waals surface area (Å²) in [5.41, 5.74) is 2.62. The van der Waals surface area contributed by atoms with Crippen LogP contribution in [-0.4, -0.2) is 37.7 Å². The number of nitrogens with one attached hydrogen (secondary N) is 1. The standard InChI is InChI=1S/C17H23N5/c1-13(21(2)11-17-20-19-12-22(17)3)8-9-14-10-18-16-7-5-4-6-15(14)16/h4-7,10,12-13,18H,8-9,11H2,1-3H3. The first-order valence-corrected chi connectivity index (χ1v) is 7.73. The van der Waals surface area contributed by atoms with Crippen molar-refractivity contribution in [2.24, 2.45) is 7.05 Å². The molecule has 0 saturated carbocycles. The van der Waals surface area contributed by atoms with Crippen molar-refractivity contribution < 1.29 is 0 Å². The van der Waals surface area contributed by atoms with Crippen molar-refractivity contribution in [1.29, 1.82) is 0 Å². The Bertz CT molecular complexity index is 742. The van der Waals surface area contributed by atoms with E-state index < -0.39 is 0 Å². The summed E-state index contributed by atoms with van der Waals surface area (Å²) < 4.78 is 1.98. The maximum absolute atomic E-state index is 4.16. The minimum absolute atomic E-state index is 0.491. The number of H-pyrrole nitrogens is 1. The van der Waals surface area contributed by atoms with E-state index in [1.54, 1.807) is 6.33 Å². The molecular weight excluding hydrogens is 274 g/mol. The predicted molar refractivity (Wildman–Crippen MR) is 88.6 cm³/mol. The smallest absolute Gasteiger partial charge is 0.146 e. The third kappa shape index (κ3) is 3.04. The van der Waals surface area contributed by atoms with Crippen LogP contribution >= 0.6 is 0 Å². The van der Waals surface area contributed by atoms with Crippen LogP contribution < -0.4 is 0 Å². The third-order valence-electron chi connectivity index (χ3n) is 4.45. The lowest BCUT2D eigenvalue weighted by Crippen LogP contribution is -2.30. The van der Waals surface area contributed by atoms with E-state index in [4.69, 9.17) is 0 Å². The fourth-order valence-electron chi connectivity index (χ4n) is 2.75.